The zero-order chi connectivity index (χ0) is 10.6. The molecular weight excluding hydrogens is 174 g/mol. The maximum Gasteiger partial charge on any atom is 0.0220 e. The minimum atomic E-state index is 0.590. The van der Waals surface area contributed by atoms with Gasteiger partial charge in [0.2, 0.25) is 0 Å². The second kappa shape index (κ2) is 5.69. The maximum absolute atomic E-state index is 3.28. The van der Waals surface area contributed by atoms with Crippen LogP contribution in [0.15, 0.2) is 0 Å². The van der Waals surface area contributed by atoms with E-state index in [0.29, 0.717) is 6.04 Å². The van der Waals surface area contributed by atoms with Gasteiger partial charge >= 0.3 is 0 Å². The Morgan fingerprint density at radius 1 is 1.57 bits per heavy atom. The highest BCUT2D eigenvalue weighted by atomic mass is 15.2. The molecule has 3 nitrogen and oxygen atoms in total. The van der Waals surface area contributed by atoms with Crippen LogP contribution in [0.5, 0.6) is 0 Å². The number of hydrogen-bond donors (Lipinski definition) is 1. The van der Waals surface area contributed by atoms with Gasteiger partial charge in [-0.2, -0.15) is 0 Å². The number of hydrogen-bond acceptors (Lipinski definition) is 3. The molecule has 1 aliphatic rings. The molecule has 0 aliphatic carbocycles. The summed E-state index contributed by atoms with van der Waals surface area (Å²) in [6.45, 7) is 5.86. The van der Waals surface area contributed by atoms with Gasteiger partial charge in [-0.05, 0) is 47.5 Å². The van der Waals surface area contributed by atoms with E-state index in [0.717, 1.165) is 12.6 Å². The Morgan fingerprint density at radius 3 is 2.79 bits per heavy atom. The summed E-state index contributed by atoms with van der Waals surface area (Å²) in [6.07, 6.45) is 2.74. The van der Waals surface area contributed by atoms with Gasteiger partial charge in [0.15, 0.2) is 0 Å². The van der Waals surface area contributed by atoms with Crippen molar-refractivity contribution in [3.63, 3.8) is 0 Å². The Hall–Kier alpha value is -0.120. The van der Waals surface area contributed by atoms with Crippen molar-refractivity contribution < 1.29 is 0 Å². The van der Waals surface area contributed by atoms with Crippen LogP contribution < -0.4 is 5.32 Å². The van der Waals surface area contributed by atoms with Gasteiger partial charge in [0.25, 0.3) is 0 Å². The SMILES string of the molecule is CNC(C)CN(C)CC1CCCN1C. The van der Waals surface area contributed by atoms with Crippen LogP contribution in [0.2, 0.25) is 0 Å². The molecule has 1 rings (SSSR count). The Labute approximate surface area is 88.5 Å². The molecule has 0 aromatic rings. The van der Waals surface area contributed by atoms with Gasteiger partial charge in [-0.25, -0.2) is 0 Å². The third-order valence-corrected chi connectivity index (χ3v) is 3.27. The molecule has 0 amide bonds. The van der Waals surface area contributed by atoms with Gasteiger partial charge in [0.1, 0.15) is 0 Å². The van der Waals surface area contributed by atoms with Crippen LogP contribution in [0, 0.1) is 0 Å². The standard InChI is InChI=1S/C11H25N3/c1-10(12-2)8-13(3)9-11-6-5-7-14(11)4/h10-12H,5-9H2,1-4H3. The highest BCUT2D eigenvalue weighted by molar-refractivity contribution is 4.79. The highest BCUT2D eigenvalue weighted by Crippen LogP contribution is 2.15. The first-order valence-electron chi connectivity index (χ1n) is 5.69. The van der Waals surface area contributed by atoms with Crippen molar-refractivity contribution in [2.75, 3.05) is 40.8 Å². The molecule has 2 atom stereocenters. The van der Waals surface area contributed by atoms with Crippen molar-refractivity contribution in [2.24, 2.45) is 0 Å². The van der Waals surface area contributed by atoms with Crippen LogP contribution in [0.3, 0.4) is 0 Å². The lowest BCUT2D eigenvalue weighted by molar-refractivity contribution is 0.210. The topological polar surface area (TPSA) is 18.5 Å². The summed E-state index contributed by atoms with van der Waals surface area (Å²) < 4.78 is 0. The average Bonchev–Trinajstić information content (AvgIpc) is 2.51. The number of nitrogens with one attached hydrogen (secondary N) is 1. The van der Waals surface area contributed by atoms with Crippen molar-refractivity contribution in [2.45, 2.75) is 31.8 Å². The van der Waals surface area contributed by atoms with Crippen LogP contribution in [0.25, 0.3) is 0 Å². The molecule has 1 N–H and O–H groups in total. The molecular formula is C11H25N3. The van der Waals surface area contributed by atoms with Crippen LogP contribution in [0.1, 0.15) is 19.8 Å². The lowest BCUT2D eigenvalue weighted by Gasteiger charge is -2.27. The number of likely N-dealkylation sites (N-methyl/N-ethyl adjacent to an activating group) is 3. The van der Waals surface area contributed by atoms with Crippen molar-refractivity contribution in [1.29, 1.82) is 0 Å². The Balaban J connectivity index is 2.22. The van der Waals surface area contributed by atoms with E-state index in [9.17, 15) is 0 Å². The summed E-state index contributed by atoms with van der Waals surface area (Å²) >= 11 is 0. The average molecular weight is 199 g/mol. The first kappa shape index (κ1) is 12.0. The molecule has 3 heteroatoms. The van der Waals surface area contributed by atoms with Gasteiger partial charge in [-0.3, -0.25) is 0 Å². The smallest absolute Gasteiger partial charge is 0.0220 e. The van der Waals surface area contributed by atoms with E-state index in [1.54, 1.807) is 0 Å². The van der Waals surface area contributed by atoms with Crippen LogP contribution >= 0.6 is 0 Å². The zero-order valence-electron chi connectivity index (χ0n) is 10.1. The fourth-order valence-electron chi connectivity index (χ4n) is 2.20. The molecule has 0 radical (unpaired) electrons. The van der Waals surface area contributed by atoms with Crippen molar-refractivity contribution in [1.82, 2.24) is 15.1 Å². The van der Waals surface area contributed by atoms with Gasteiger partial charge in [0, 0.05) is 25.2 Å². The molecule has 0 aromatic carbocycles. The third-order valence-electron chi connectivity index (χ3n) is 3.27. The van der Waals surface area contributed by atoms with Gasteiger partial charge < -0.3 is 15.1 Å². The maximum atomic E-state index is 3.28. The predicted molar refractivity (Wildman–Crippen MR) is 61.7 cm³/mol. The first-order chi connectivity index (χ1) is 6.63. The summed E-state index contributed by atoms with van der Waals surface area (Å²) in [7, 11) is 6.49. The summed E-state index contributed by atoms with van der Waals surface area (Å²) in [5, 5.41) is 3.28. The molecule has 1 heterocycles. The molecule has 0 bridgehead atoms. The number of likely N-dealkylation sites (tertiary alicyclic amines) is 1. The second-order valence-electron chi connectivity index (χ2n) is 4.69. The van der Waals surface area contributed by atoms with Crippen LogP contribution in [-0.4, -0.2) is 62.7 Å². The van der Waals surface area contributed by atoms with E-state index in [4.69, 9.17) is 0 Å². The van der Waals surface area contributed by atoms with Gasteiger partial charge in [0.05, 0.1) is 0 Å². The molecule has 1 saturated heterocycles. The fraction of sp³-hybridized carbons (Fsp3) is 1.00. The molecule has 84 valence electrons. The first-order valence-corrected chi connectivity index (χ1v) is 5.69. The number of rotatable bonds is 5. The van der Waals surface area contributed by atoms with Crippen molar-refractivity contribution in [3.8, 4) is 0 Å². The molecule has 2 unspecified atom stereocenters. The monoisotopic (exact) mass is 199 g/mol. The predicted octanol–water partition coefficient (Wildman–Crippen LogP) is 0.620. The van der Waals surface area contributed by atoms with E-state index >= 15 is 0 Å². The Bertz CT molecular complexity index is 161. The summed E-state index contributed by atoms with van der Waals surface area (Å²) in [5.74, 6) is 0. The van der Waals surface area contributed by atoms with Crippen molar-refractivity contribution >= 4 is 0 Å². The van der Waals surface area contributed by atoms with Gasteiger partial charge in [-0.1, -0.05) is 0 Å². The summed E-state index contributed by atoms with van der Waals surface area (Å²) in [4.78, 5) is 4.92. The quantitative estimate of drug-likeness (QED) is 0.700. The molecule has 0 spiro atoms. The molecule has 1 fully saturated rings. The normalized spacial score (nSPS) is 25.9. The minimum absolute atomic E-state index is 0.590. The van der Waals surface area contributed by atoms with Crippen molar-refractivity contribution in [3.05, 3.63) is 0 Å². The second-order valence-corrected chi connectivity index (χ2v) is 4.69. The number of nitrogens with zero attached hydrogens (tertiary/aromatic N) is 2. The highest BCUT2D eigenvalue weighted by Gasteiger charge is 2.22. The lowest BCUT2D eigenvalue weighted by atomic mass is 10.2. The van der Waals surface area contributed by atoms with Crippen LogP contribution in [-0.2, 0) is 0 Å². The third kappa shape index (κ3) is 3.56. The molecule has 1 aliphatic heterocycles. The summed E-state index contributed by atoms with van der Waals surface area (Å²) in [5.41, 5.74) is 0. The minimum Gasteiger partial charge on any atom is -0.316 e. The van der Waals surface area contributed by atoms with E-state index in [-0.39, 0.29) is 0 Å². The zero-order valence-corrected chi connectivity index (χ0v) is 10.1. The largest absolute Gasteiger partial charge is 0.316 e. The summed E-state index contributed by atoms with van der Waals surface area (Å²) in [6, 6.07) is 1.37. The molecule has 14 heavy (non-hydrogen) atoms. The molecule has 0 saturated carbocycles. The molecule has 0 aromatic heterocycles. The van der Waals surface area contributed by atoms with E-state index < -0.39 is 0 Å². The Morgan fingerprint density at radius 2 is 2.29 bits per heavy atom. The van der Waals surface area contributed by atoms with Crippen LogP contribution in [0.4, 0.5) is 0 Å². The van der Waals surface area contributed by atoms with Gasteiger partial charge in [-0.15, -0.1) is 0 Å². The lowest BCUT2D eigenvalue weighted by Crippen LogP contribution is -2.42. The Kier molecular flexibility index (Phi) is 4.85. The van der Waals surface area contributed by atoms with E-state index in [2.05, 4.69) is 36.1 Å². The van der Waals surface area contributed by atoms with E-state index in [1.807, 2.05) is 7.05 Å². The van der Waals surface area contributed by atoms with E-state index in [1.165, 1.54) is 25.9 Å². The fourth-order valence-corrected chi connectivity index (χ4v) is 2.20.